The molecule has 0 bridgehead atoms. The molecule has 0 spiro atoms. The maximum absolute atomic E-state index is 2.62. The molecule has 0 radical (unpaired) electrons. The molecule has 0 saturated heterocycles. The van der Waals surface area contributed by atoms with Gasteiger partial charge in [-0.3, -0.25) is 0 Å². The molecular formula is C78H74S4+4. The van der Waals surface area contributed by atoms with Crippen LogP contribution in [0.25, 0.3) is 125 Å². The molecule has 82 heavy (non-hydrogen) atoms. The van der Waals surface area contributed by atoms with Crippen molar-refractivity contribution in [2.24, 2.45) is 0 Å². The van der Waals surface area contributed by atoms with E-state index in [2.05, 4.69) is 246 Å². The van der Waals surface area contributed by atoms with E-state index in [-0.39, 0.29) is 10.8 Å². The molecule has 0 aliphatic carbocycles. The Morgan fingerprint density at radius 2 is 0.415 bits per heavy atom. The Morgan fingerprint density at radius 1 is 0.207 bits per heavy atom. The Labute approximate surface area is 501 Å². The summed E-state index contributed by atoms with van der Waals surface area (Å²) >= 11 is 7.84. The van der Waals surface area contributed by atoms with Gasteiger partial charge in [0, 0.05) is 80.2 Å². The van der Waals surface area contributed by atoms with Crippen LogP contribution in [0.1, 0.15) is 119 Å². The van der Waals surface area contributed by atoms with Crippen molar-refractivity contribution >= 4 is 126 Å². The largest absolute Gasteiger partial charge is 0.245 e. The summed E-state index contributed by atoms with van der Waals surface area (Å²) in [6.45, 7) is 41.6. The van der Waals surface area contributed by atoms with Gasteiger partial charge >= 0.3 is 0 Å². The molecule has 406 valence electrons. The van der Waals surface area contributed by atoms with E-state index in [1.54, 1.807) is 0 Å². The van der Waals surface area contributed by atoms with E-state index in [4.69, 9.17) is 0 Å². The highest BCUT2D eigenvalue weighted by atomic mass is 32.1. The standard InChI is InChI=1S/C78H74S4/c1-39-23-43(5)69(44(6)24-39)73-53-31-51(77(13,14)15)19-21-61(53)79-63-34-59-65(36-57(63)73)81-67-38-68-56(33-55(67)75(59)71-47(9)27-41(3)28-48(71)10)76(72-49(11)29-42(4)30-50(72)12)60-35-64-58(37-66(60)82-68)74(70-45(7)25-40(2)26-46(70)8)54-32-52(78(16,17)18)20-22-62(54)80-64/h19-38H,1-18H3/q+4. The molecule has 0 nitrogen and oxygen atoms in total. The molecule has 0 atom stereocenters. The molecule has 13 rings (SSSR count). The second-order valence-electron chi connectivity index (χ2n) is 26.5. The van der Waals surface area contributed by atoms with Crippen LogP contribution in [-0.4, -0.2) is 0 Å². The third-order valence-corrected chi connectivity index (χ3v) is 22.2. The molecule has 0 amide bonds. The quantitative estimate of drug-likeness (QED) is 0.122. The molecule has 0 aliphatic heterocycles. The molecule has 0 aliphatic rings. The van der Waals surface area contributed by atoms with Crippen molar-refractivity contribution in [1.29, 1.82) is 0 Å². The van der Waals surface area contributed by atoms with Gasteiger partial charge in [-0.2, -0.15) is 0 Å². The maximum atomic E-state index is 2.62. The highest BCUT2D eigenvalue weighted by Gasteiger charge is 2.34. The molecule has 0 saturated carbocycles. The highest BCUT2D eigenvalue weighted by molar-refractivity contribution is 7.28. The smallest absolute Gasteiger partial charge is 0.0561 e. The number of hydrogen-bond donors (Lipinski definition) is 0. The van der Waals surface area contributed by atoms with Crippen LogP contribution in [0.5, 0.6) is 0 Å². The van der Waals surface area contributed by atoms with Crippen molar-refractivity contribution in [1.82, 2.24) is 0 Å². The lowest BCUT2D eigenvalue weighted by atomic mass is 9.84. The number of benzene rings is 9. The summed E-state index contributed by atoms with van der Waals surface area (Å²) in [5.41, 5.74) is 29.3. The Morgan fingerprint density at radius 3 is 0.659 bits per heavy atom. The third-order valence-electron chi connectivity index (χ3n) is 17.7. The molecular weight excluding hydrogens is 1070 g/mol. The molecule has 4 heteroatoms. The van der Waals surface area contributed by atoms with Gasteiger partial charge in [-0.05, 0) is 190 Å². The number of rotatable bonds is 4. The van der Waals surface area contributed by atoms with Gasteiger partial charge < -0.3 is 0 Å². The molecule has 0 fully saturated rings. The summed E-state index contributed by atoms with van der Waals surface area (Å²) in [4.78, 5) is 0. The van der Waals surface area contributed by atoms with Gasteiger partial charge in [0.25, 0.3) is 0 Å². The Hall–Kier alpha value is -6.66. The molecule has 4 aromatic heterocycles. The van der Waals surface area contributed by atoms with Crippen molar-refractivity contribution in [3.8, 4) is 44.5 Å². The van der Waals surface area contributed by atoms with Gasteiger partial charge in [0.2, 0.25) is 82.9 Å². The van der Waals surface area contributed by atoms with Gasteiger partial charge in [0.1, 0.15) is 0 Å². The zero-order chi connectivity index (χ0) is 57.9. The van der Waals surface area contributed by atoms with Crippen LogP contribution in [0.4, 0.5) is 0 Å². The zero-order valence-electron chi connectivity index (χ0n) is 51.2. The lowest BCUT2D eigenvalue weighted by Gasteiger charge is -2.20. The molecule has 0 N–H and O–H groups in total. The summed E-state index contributed by atoms with van der Waals surface area (Å²) in [7, 11) is 0. The SMILES string of the molecule is Cc1cc(C)c(-c2c3cc(C(C)(C)C)ccc3[s+]c3cc4c(-c5c(C)cc(C)cc5C)c5cc6c(-c7c(C)cc(C)cc7C)c7cc8[s+]c9ccc(C(C)(C)C)cc9c(-c9c(C)cc(C)cc9C)c8cc7[s+]c6cc5[s+]c4cc23)c(C)c1. The fourth-order valence-electron chi connectivity index (χ4n) is 14.4. The predicted octanol–water partition coefficient (Wildman–Crippen LogP) is 25.2. The average Bonchev–Trinajstić information content (AvgIpc) is 1.16. The van der Waals surface area contributed by atoms with Crippen LogP contribution in [0.3, 0.4) is 0 Å². The summed E-state index contributed by atoms with van der Waals surface area (Å²) in [6.07, 6.45) is 0. The Balaban J connectivity index is 1.21. The lowest BCUT2D eigenvalue weighted by Crippen LogP contribution is -2.10. The maximum Gasteiger partial charge on any atom is 0.245 e. The van der Waals surface area contributed by atoms with Crippen LogP contribution < -0.4 is 0 Å². The van der Waals surface area contributed by atoms with Gasteiger partial charge in [-0.25, -0.2) is 0 Å². The van der Waals surface area contributed by atoms with E-state index in [9.17, 15) is 0 Å². The van der Waals surface area contributed by atoms with Crippen molar-refractivity contribution in [2.75, 3.05) is 0 Å². The fourth-order valence-corrected chi connectivity index (χ4v) is 18.9. The second kappa shape index (κ2) is 19.5. The second-order valence-corrected chi connectivity index (χ2v) is 30.8. The zero-order valence-corrected chi connectivity index (χ0v) is 54.4. The van der Waals surface area contributed by atoms with Gasteiger partial charge in [0.15, 0.2) is 0 Å². The first-order valence-corrected chi connectivity index (χ1v) is 32.5. The van der Waals surface area contributed by atoms with Gasteiger partial charge in [-0.15, -0.1) is 0 Å². The minimum absolute atomic E-state index is 0.0108. The van der Waals surface area contributed by atoms with Crippen LogP contribution in [-0.2, 0) is 10.8 Å². The van der Waals surface area contributed by atoms with E-state index < -0.39 is 0 Å². The van der Waals surface area contributed by atoms with E-state index in [1.165, 1.54) is 203 Å². The van der Waals surface area contributed by atoms with Gasteiger partial charge in [0.05, 0.1) is 27.6 Å². The first kappa shape index (κ1) is 54.6. The number of fused-ring (bicyclic) bond motifs is 8. The van der Waals surface area contributed by atoms with E-state index in [0.29, 0.717) is 0 Å². The van der Waals surface area contributed by atoms with Gasteiger partial charge in [-0.1, -0.05) is 124 Å². The fraction of sp³-hybridized carbons (Fsp3) is 0.256. The summed E-state index contributed by atoms with van der Waals surface area (Å²) < 4.78 is 10.5. The normalized spacial score (nSPS) is 12.5. The molecule has 0 unspecified atom stereocenters. The molecule has 9 aromatic carbocycles. The van der Waals surface area contributed by atoms with Crippen molar-refractivity contribution in [3.63, 3.8) is 0 Å². The first-order chi connectivity index (χ1) is 38.8. The topological polar surface area (TPSA) is 0 Å². The predicted molar refractivity (Wildman–Crippen MR) is 372 cm³/mol. The minimum Gasteiger partial charge on any atom is -0.0561 e. The monoisotopic (exact) mass is 1140 g/mol. The van der Waals surface area contributed by atoms with Crippen LogP contribution >= 0.6 is 45.3 Å². The minimum atomic E-state index is 0.0108. The van der Waals surface area contributed by atoms with E-state index >= 15 is 0 Å². The van der Waals surface area contributed by atoms with Crippen molar-refractivity contribution in [2.45, 2.75) is 135 Å². The van der Waals surface area contributed by atoms with Crippen LogP contribution in [0, 0.1) is 83.1 Å². The van der Waals surface area contributed by atoms with Crippen LogP contribution in [0.15, 0.2) is 121 Å². The first-order valence-electron chi connectivity index (χ1n) is 29.2. The number of aryl methyl sites for hydroxylation is 12. The average molecular weight is 1140 g/mol. The molecule has 13 aromatic rings. The third kappa shape index (κ3) is 8.93. The molecule has 4 heterocycles. The van der Waals surface area contributed by atoms with Crippen molar-refractivity contribution in [3.05, 3.63) is 199 Å². The highest BCUT2D eigenvalue weighted by Crippen LogP contribution is 2.53. The van der Waals surface area contributed by atoms with E-state index in [1.807, 2.05) is 45.3 Å². The van der Waals surface area contributed by atoms with Crippen molar-refractivity contribution < 1.29 is 0 Å². The summed E-state index contributed by atoms with van der Waals surface area (Å²) in [5, 5.41) is 10.6. The number of hydrogen-bond acceptors (Lipinski definition) is 0. The Kier molecular flexibility index (Phi) is 13.0. The summed E-state index contributed by atoms with van der Waals surface area (Å²) in [6, 6.07) is 49.2. The summed E-state index contributed by atoms with van der Waals surface area (Å²) in [5.74, 6) is 0. The van der Waals surface area contributed by atoms with Crippen LogP contribution in [0.2, 0.25) is 0 Å². The Bertz CT molecular complexity index is 4590. The lowest BCUT2D eigenvalue weighted by molar-refractivity contribution is 0.591. The van der Waals surface area contributed by atoms with E-state index in [0.717, 1.165) is 0 Å².